The van der Waals surface area contributed by atoms with Gasteiger partial charge in [-0.05, 0) is 30.7 Å². The fraction of sp³-hybridized carbons (Fsp3) is 0.615. The predicted octanol–water partition coefficient (Wildman–Crippen LogP) is 2.65. The molecule has 94 valence electrons. The monoisotopic (exact) mass is 237 g/mol. The molecule has 1 aliphatic rings. The first-order valence-corrected chi connectivity index (χ1v) is 6.01. The summed E-state index contributed by atoms with van der Waals surface area (Å²) in [7, 11) is 0. The quantitative estimate of drug-likeness (QED) is 0.845. The third kappa shape index (κ3) is 2.88. The van der Waals surface area contributed by atoms with Gasteiger partial charge in [0.05, 0.1) is 12.8 Å². The van der Waals surface area contributed by atoms with Gasteiger partial charge in [-0.1, -0.05) is 13.8 Å². The lowest BCUT2D eigenvalue weighted by molar-refractivity contribution is 0.0694. The fourth-order valence-electron chi connectivity index (χ4n) is 2.52. The van der Waals surface area contributed by atoms with Gasteiger partial charge in [0.1, 0.15) is 11.3 Å². The van der Waals surface area contributed by atoms with E-state index in [2.05, 4.69) is 19.2 Å². The lowest BCUT2D eigenvalue weighted by Crippen LogP contribution is -2.27. The number of carboxylic acids is 1. The molecule has 0 amide bonds. The topological polar surface area (TPSA) is 62.5 Å². The molecule has 1 atom stereocenters. The maximum atomic E-state index is 10.9. The Labute approximate surface area is 101 Å². The summed E-state index contributed by atoms with van der Waals surface area (Å²) in [6.07, 6.45) is 4.93. The molecule has 1 aliphatic carbocycles. The molecule has 2 rings (SSSR count). The lowest BCUT2D eigenvalue weighted by Gasteiger charge is -2.17. The number of rotatable bonds is 4. The molecule has 0 aliphatic heterocycles. The van der Waals surface area contributed by atoms with Crippen LogP contribution in [0, 0.1) is 5.41 Å². The van der Waals surface area contributed by atoms with E-state index in [1.54, 1.807) is 0 Å². The van der Waals surface area contributed by atoms with Gasteiger partial charge in [0.25, 0.3) is 0 Å². The van der Waals surface area contributed by atoms with E-state index in [9.17, 15) is 4.79 Å². The summed E-state index contributed by atoms with van der Waals surface area (Å²) in [5.74, 6) is -0.412. The minimum atomic E-state index is -0.928. The molecule has 1 saturated carbocycles. The average Bonchev–Trinajstić information content (AvgIpc) is 2.81. The summed E-state index contributed by atoms with van der Waals surface area (Å²) in [6, 6.07) is 1.97. The summed E-state index contributed by atoms with van der Waals surface area (Å²) in [5, 5.41) is 12.3. The van der Waals surface area contributed by atoms with Crippen LogP contribution >= 0.6 is 0 Å². The molecule has 2 N–H and O–H groups in total. The maximum Gasteiger partial charge on any atom is 0.339 e. The lowest BCUT2D eigenvalue weighted by atomic mass is 9.92. The van der Waals surface area contributed by atoms with Gasteiger partial charge < -0.3 is 14.8 Å². The minimum Gasteiger partial charge on any atom is -0.478 e. The standard InChI is InChI=1S/C13H19NO3/c1-13(2)5-3-9(7-13)14-8-11-10(12(15)16)4-6-17-11/h4,6,9,14H,3,5,7-8H2,1-2H3,(H,15,16). The summed E-state index contributed by atoms with van der Waals surface area (Å²) >= 11 is 0. The minimum absolute atomic E-state index is 0.259. The van der Waals surface area contributed by atoms with E-state index in [-0.39, 0.29) is 5.56 Å². The van der Waals surface area contributed by atoms with Gasteiger partial charge in [0, 0.05) is 6.04 Å². The van der Waals surface area contributed by atoms with Crippen LogP contribution in [0.3, 0.4) is 0 Å². The molecule has 0 saturated heterocycles. The van der Waals surface area contributed by atoms with E-state index in [0.29, 0.717) is 23.8 Å². The van der Waals surface area contributed by atoms with Crippen molar-refractivity contribution in [2.24, 2.45) is 5.41 Å². The van der Waals surface area contributed by atoms with Gasteiger partial charge >= 0.3 is 5.97 Å². The molecule has 17 heavy (non-hydrogen) atoms. The van der Waals surface area contributed by atoms with E-state index in [0.717, 1.165) is 12.8 Å². The van der Waals surface area contributed by atoms with Gasteiger partial charge in [0.15, 0.2) is 0 Å². The van der Waals surface area contributed by atoms with E-state index < -0.39 is 5.97 Å². The van der Waals surface area contributed by atoms with Gasteiger partial charge in [0.2, 0.25) is 0 Å². The number of carbonyl (C=O) groups is 1. The molecule has 4 nitrogen and oxygen atoms in total. The van der Waals surface area contributed by atoms with E-state index in [1.165, 1.54) is 18.8 Å². The highest BCUT2D eigenvalue weighted by Crippen LogP contribution is 2.37. The van der Waals surface area contributed by atoms with Crippen molar-refractivity contribution in [1.82, 2.24) is 5.32 Å². The first kappa shape index (κ1) is 12.2. The third-order valence-electron chi connectivity index (χ3n) is 3.50. The third-order valence-corrected chi connectivity index (χ3v) is 3.50. The van der Waals surface area contributed by atoms with Gasteiger partial charge in [-0.25, -0.2) is 4.79 Å². The summed E-state index contributed by atoms with van der Waals surface area (Å²) in [6.45, 7) is 5.03. The van der Waals surface area contributed by atoms with Crippen LogP contribution in [0.1, 0.15) is 49.2 Å². The molecule has 1 heterocycles. The van der Waals surface area contributed by atoms with Crippen LogP contribution in [0.25, 0.3) is 0 Å². The maximum absolute atomic E-state index is 10.9. The van der Waals surface area contributed by atoms with Crippen molar-refractivity contribution in [2.45, 2.75) is 45.7 Å². The van der Waals surface area contributed by atoms with Crippen molar-refractivity contribution in [3.8, 4) is 0 Å². The number of carboxylic acid groups (broad SMARTS) is 1. The normalized spacial score (nSPS) is 22.8. The Morgan fingerprint density at radius 1 is 1.65 bits per heavy atom. The van der Waals surface area contributed by atoms with Crippen LogP contribution in [0.15, 0.2) is 16.7 Å². The smallest absolute Gasteiger partial charge is 0.339 e. The number of hydrogen-bond acceptors (Lipinski definition) is 3. The summed E-state index contributed by atoms with van der Waals surface area (Å²) in [4.78, 5) is 10.9. The molecule has 0 radical (unpaired) electrons. The van der Waals surface area contributed by atoms with Crippen LogP contribution < -0.4 is 5.32 Å². The predicted molar refractivity (Wildman–Crippen MR) is 63.9 cm³/mol. The van der Waals surface area contributed by atoms with Crippen molar-refractivity contribution in [1.29, 1.82) is 0 Å². The second kappa shape index (κ2) is 4.53. The zero-order valence-corrected chi connectivity index (χ0v) is 10.3. The molecule has 4 heteroatoms. The second-order valence-electron chi connectivity index (χ2n) is 5.55. The Morgan fingerprint density at radius 3 is 3.00 bits per heavy atom. The van der Waals surface area contributed by atoms with Crippen LogP contribution in [0.5, 0.6) is 0 Å². The number of aromatic carboxylic acids is 1. The van der Waals surface area contributed by atoms with Crippen LogP contribution in [0.4, 0.5) is 0 Å². The largest absolute Gasteiger partial charge is 0.478 e. The molecule has 0 aromatic carbocycles. The average molecular weight is 237 g/mol. The Bertz CT molecular complexity index is 409. The zero-order valence-electron chi connectivity index (χ0n) is 10.3. The highest BCUT2D eigenvalue weighted by atomic mass is 16.4. The molecular weight excluding hydrogens is 218 g/mol. The molecule has 1 fully saturated rings. The Kier molecular flexibility index (Phi) is 3.24. The second-order valence-corrected chi connectivity index (χ2v) is 5.55. The number of hydrogen-bond donors (Lipinski definition) is 2. The summed E-state index contributed by atoms with van der Waals surface area (Å²) < 4.78 is 5.19. The SMILES string of the molecule is CC1(C)CCC(NCc2occc2C(=O)O)C1. The van der Waals surface area contributed by atoms with Crippen LogP contribution in [-0.2, 0) is 6.54 Å². The van der Waals surface area contributed by atoms with Crippen molar-refractivity contribution in [3.63, 3.8) is 0 Å². The molecule has 0 spiro atoms. The molecular formula is C13H19NO3. The first-order chi connectivity index (χ1) is 7.98. The highest BCUT2D eigenvalue weighted by Gasteiger charge is 2.30. The van der Waals surface area contributed by atoms with Crippen molar-refractivity contribution in [3.05, 3.63) is 23.7 Å². The van der Waals surface area contributed by atoms with E-state index in [4.69, 9.17) is 9.52 Å². The first-order valence-electron chi connectivity index (χ1n) is 6.01. The number of nitrogens with one attached hydrogen (secondary N) is 1. The molecule has 1 unspecified atom stereocenters. The Hall–Kier alpha value is -1.29. The molecule has 0 bridgehead atoms. The van der Waals surface area contributed by atoms with Crippen LogP contribution in [-0.4, -0.2) is 17.1 Å². The highest BCUT2D eigenvalue weighted by molar-refractivity contribution is 5.88. The van der Waals surface area contributed by atoms with E-state index >= 15 is 0 Å². The van der Waals surface area contributed by atoms with Crippen molar-refractivity contribution >= 4 is 5.97 Å². The van der Waals surface area contributed by atoms with Gasteiger partial charge in [-0.15, -0.1) is 0 Å². The Balaban J connectivity index is 1.90. The summed E-state index contributed by atoms with van der Waals surface area (Å²) in [5.41, 5.74) is 0.658. The Morgan fingerprint density at radius 2 is 2.41 bits per heavy atom. The van der Waals surface area contributed by atoms with Gasteiger partial charge in [-0.2, -0.15) is 0 Å². The number of furan rings is 1. The zero-order chi connectivity index (χ0) is 12.5. The molecule has 1 aromatic heterocycles. The fourth-order valence-corrected chi connectivity index (χ4v) is 2.52. The van der Waals surface area contributed by atoms with Crippen molar-refractivity contribution in [2.75, 3.05) is 0 Å². The molecule has 1 aromatic rings. The van der Waals surface area contributed by atoms with Crippen molar-refractivity contribution < 1.29 is 14.3 Å². The van der Waals surface area contributed by atoms with Crippen LogP contribution in [0.2, 0.25) is 0 Å². The van der Waals surface area contributed by atoms with E-state index in [1.807, 2.05) is 0 Å². The van der Waals surface area contributed by atoms with Gasteiger partial charge in [-0.3, -0.25) is 0 Å².